The van der Waals surface area contributed by atoms with E-state index < -0.39 is 8.07 Å². The van der Waals surface area contributed by atoms with Gasteiger partial charge in [-0.05, 0) is 0 Å². The Balaban J connectivity index is 3.09. The summed E-state index contributed by atoms with van der Waals surface area (Å²) in [5.74, 6) is 0.232. The first kappa shape index (κ1) is 16.2. The van der Waals surface area contributed by atoms with Crippen LogP contribution in [0, 0.1) is 5.41 Å². The van der Waals surface area contributed by atoms with Crippen molar-refractivity contribution < 1.29 is 4.79 Å². The minimum Gasteiger partial charge on any atom is -0.294 e. The molecule has 0 aliphatic rings. The van der Waals surface area contributed by atoms with E-state index in [1.807, 2.05) is 32.9 Å². The maximum Gasteiger partial charge on any atom is 0.168 e. The highest BCUT2D eigenvalue weighted by atomic mass is 28.3. The van der Waals surface area contributed by atoms with E-state index in [0.29, 0.717) is 0 Å². The highest BCUT2D eigenvalue weighted by molar-refractivity contribution is 6.91. The van der Waals surface area contributed by atoms with Crippen LogP contribution in [-0.2, 0) is 0 Å². The lowest BCUT2D eigenvalue weighted by Gasteiger charge is -2.29. The normalized spacial score (nSPS) is 12.5. The van der Waals surface area contributed by atoms with Crippen LogP contribution < -0.4 is 5.19 Å². The molecule has 0 N–H and O–H groups in total. The van der Waals surface area contributed by atoms with Crippen molar-refractivity contribution in [2.75, 3.05) is 0 Å². The maximum absolute atomic E-state index is 12.2. The van der Waals surface area contributed by atoms with Crippen LogP contribution in [-0.4, -0.2) is 13.9 Å². The Morgan fingerprint density at radius 1 is 0.947 bits per heavy atom. The van der Waals surface area contributed by atoms with Crippen LogP contribution in [0.2, 0.25) is 18.1 Å². The number of carbonyl (C=O) groups is 1. The molecular formula is C17H28OSi. The summed E-state index contributed by atoms with van der Waals surface area (Å²) >= 11 is 0. The van der Waals surface area contributed by atoms with Crippen LogP contribution in [0.3, 0.4) is 0 Å². The molecule has 1 aromatic carbocycles. The van der Waals surface area contributed by atoms with Crippen LogP contribution in [0.15, 0.2) is 24.3 Å². The molecule has 2 heteroatoms. The van der Waals surface area contributed by atoms with Crippen molar-refractivity contribution in [3.05, 3.63) is 29.8 Å². The molecule has 0 unspecified atom stereocenters. The third kappa shape index (κ3) is 3.36. The zero-order chi connectivity index (χ0) is 14.7. The first-order valence-electron chi connectivity index (χ1n) is 7.46. The largest absolute Gasteiger partial charge is 0.294 e. The Morgan fingerprint density at radius 3 is 1.68 bits per heavy atom. The summed E-state index contributed by atoms with van der Waals surface area (Å²) in [6, 6.07) is 12.3. The van der Waals surface area contributed by atoms with Gasteiger partial charge in [-0.3, -0.25) is 4.79 Å². The van der Waals surface area contributed by atoms with Gasteiger partial charge < -0.3 is 0 Å². The Morgan fingerprint density at radius 2 is 1.37 bits per heavy atom. The summed E-state index contributed by atoms with van der Waals surface area (Å²) in [5.41, 5.74) is 0.554. The lowest BCUT2D eigenvalue weighted by atomic mass is 9.87. The molecular weight excluding hydrogens is 248 g/mol. The van der Waals surface area contributed by atoms with Crippen LogP contribution >= 0.6 is 0 Å². The second-order valence-corrected chi connectivity index (χ2v) is 11.8. The molecule has 1 nitrogen and oxygen atoms in total. The average Bonchev–Trinajstić information content (AvgIpc) is 2.40. The Hall–Kier alpha value is -0.893. The second-order valence-electron chi connectivity index (χ2n) is 6.50. The number of rotatable bonds is 5. The molecule has 1 rings (SSSR count). The van der Waals surface area contributed by atoms with Crippen molar-refractivity contribution >= 4 is 19.0 Å². The Bertz CT molecular complexity index is 413. The number of carbonyl (C=O) groups excluding carboxylic acids is 1. The molecule has 0 spiro atoms. The summed E-state index contributed by atoms with van der Waals surface area (Å²) in [5, 5.41) is 1.51. The van der Waals surface area contributed by atoms with E-state index in [-0.39, 0.29) is 11.2 Å². The fraction of sp³-hybridized carbons (Fsp3) is 0.588. The highest BCUT2D eigenvalue weighted by Gasteiger charge is 2.29. The van der Waals surface area contributed by atoms with Gasteiger partial charge in [-0.1, -0.05) is 89.1 Å². The monoisotopic (exact) mass is 276 g/mol. The lowest BCUT2D eigenvalue weighted by molar-refractivity contribution is 0.0858. The topological polar surface area (TPSA) is 17.1 Å². The van der Waals surface area contributed by atoms with Crippen molar-refractivity contribution in [1.29, 1.82) is 0 Å². The number of benzene rings is 1. The molecule has 106 valence electrons. The average molecular weight is 276 g/mol. The summed E-state index contributed by atoms with van der Waals surface area (Å²) in [6.07, 6.45) is 0. The maximum atomic E-state index is 12.2. The van der Waals surface area contributed by atoms with Gasteiger partial charge in [0.2, 0.25) is 0 Å². The van der Waals surface area contributed by atoms with Gasteiger partial charge in [0, 0.05) is 11.0 Å². The van der Waals surface area contributed by atoms with E-state index in [0.717, 1.165) is 5.56 Å². The van der Waals surface area contributed by atoms with E-state index in [2.05, 4.69) is 32.9 Å². The highest BCUT2D eigenvalue weighted by Crippen LogP contribution is 2.23. The van der Waals surface area contributed by atoms with E-state index in [4.69, 9.17) is 0 Å². The molecule has 0 heterocycles. The molecule has 0 aliphatic heterocycles. The molecule has 0 saturated heterocycles. The van der Waals surface area contributed by atoms with Crippen LogP contribution in [0.25, 0.3) is 0 Å². The smallest absolute Gasteiger partial charge is 0.168 e. The first-order chi connectivity index (χ1) is 8.80. The van der Waals surface area contributed by atoms with Gasteiger partial charge in [-0.2, -0.15) is 0 Å². The van der Waals surface area contributed by atoms with E-state index >= 15 is 0 Å². The molecule has 1 aromatic rings. The summed E-state index contributed by atoms with van der Waals surface area (Å²) in [4.78, 5) is 12.2. The van der Waals surface area contributed by atoms with Gasteiger partial charge in [0.25, 0.3) is 0 Å². The van der Waals surface area contributed by atoms with Gasteiger partial charge in [0.05, 0.1) is 8.07 Å². The zero-order valence-electron chi connectivity index (χ0n) is 13.3. The van der Waals surface area contributed by atoms with Crippen molar-refractivity contribution in [3.8, 4) is 0 Å². The van der Waals surface area contributed by atoms with Crippen molar-refractivity contribution in [3.63, 3.8) is 0 Å². The predicted molar refractivity (Wildman–Crippen MR) is 87.1 cm³/mol. The lowest BCUT2D eigenvalue weighted by Crippen LogP contribution is -2.45. The fourth-order valence-electron chi connectivity index (χ4n) is 2.77. The third-order valence-electron chi connectivity index (χ3n) is 4.47. The number of hydrogen-bond donors (Lipinski definition) is 0. The second kappa shape index (κ2) is 6.04. The van der Waals surface area contributed by atoms with E-state index in [1.54, 1.807) is 0 Å². The molecule has 0 saturated carbocycles. The van der Waals surface area contributed by atoms with Gasteiger partial charge in [-0.25, -0.2) is 0 Å². The van der Waals surface area contributed by atoms with Crippen LogP contribution in [0.1, 0.15) is 51.9 Å². The minimum atomic E-state index is -1.31. The van der Waals surface area contributed by atoms with Crippen LogP contribution in [0.5, 0.6) is 0 Å². The quantitative estimate of drug-likeness (QED) is 0.566. The third-order valence-corrected chi connectivity index (χ3v) is 10.1. The van der Waals surface area contributed by atoms with Gasteiger partial charge in [0.15, 0.2) is 5.78 Å². The number of hydrogen-bond acceptors (Lipinski definition) is 1. The van der Waals surface area contributed by atoms with Crippen molar-refractivity contribution in [2.24, 2.45) is 5.41 Å². The molecule has 0 bridgehead atoms. The summed E-state index contributed by atoms with van der Waals surface area (Å²) in [7, 11) is -1.31. The molecule has 0 atom stereocenters. The molecule has 19 heavy (non-hydrogen) atoms. The Labute approximate surface area is 119 Å². The molecule has 0 amide bonds. The fourth-order valence-corrected chi connectivity index (χ4v) is 6.37. The molecule has 0 fully saturated rings. The van der Waals surface area contributed by atoms with Gasteiger partial charge >= 0.3 is 0 Å². The zero-order valence-corrected chi connectivity index (χ0v) is 14.3. The summed E-state index contributed by atoms with van der Waals surface area (Å²) < 4.78 is 0. The van der Waals surface area contributed by atoms with Crippen molar-refractivity contribution in [2.45, 2.75) is 59.7 Å². The number of ketones is 1. The SMILES string of the molecule is CC[Si](CC)(CC)c1ccc(C(=O)C(C)(C)C)cc1. The van der Waals surface area contributed by atoms with E-state index in [1.165, 1.54) is 23.3 Å². The van der Waals surface area contributed by atoms with Gasteiger partial charge in [-0.15, -0.1) is 0 Å². The minimum absolute atomic E-state index is 0.232. The number of Topliss-reactive ketones (excluding diaryl/α,β-unsaturated/α-hetero) is 1. The van der Waals surface area contributed by atoms with Crippen LogP contribution in [0.4, 0.5) is 0 Å². The molecule has 0 aromatic heterocycles. The molecule has 0 aliphatic carbocycles. The standard InChI is InChI=1S/C17H28OSi/c1-7-19(8-2,9-3)15-12-10-14(11-13-15)16(18)17(4,5)6/h10-13H,7-9H2,1-6H3. The van der Waals surface area contributed by atoms with E-state index in [9.17, 15) is 4.79 Å². The van der Waals surface area contributed by atoms with Gasteiger partial charge in [0.1, 0.15) is 0 Å². The predicted octanol–water partition coefficient (Wildman–Crippen LogP) is 4.63. The summed E-state index contributed by atoms with van der Waals surface area (Å²) in [6.45, 7) is 12.9. The van der Waals surface area contributed by atoms with Crippen molar-refractivity contribution in [1.82, 2.24) is 0 Å². The molecule has 0 radical (unpaired) electrons. The first-order valence-corrected chi connectivity index (χ1v) is 10.1. The Kier molecular flexibility index (Phi) is 5.14.